The summed E-state index contributed by atoms with van der Waals surface area (Å²) in [7, 11) is 0. The molecule has 1 saturated heterocycles. The van der Waals surface area contributed by atoms with Crippen molar-refractivity contribution in [2.45, 2.75) is 13.0 Å². The Bertz CT molecular complexity index is 822. The highest BCUT2D eigenvalue weighted by Gasteiger charge is 2.31. The lowest BCUT2D eigenvalue weighted by Crippen LogP contribution is -2.43. The third-order valence-corrected chi connectivity index (χ3v) is 5.90. The molecule has 0 N–H and O–H groups in total. The summed E-state index contributed by atoms with van der Waals surface area (Å²) in [5.41, 5.74) is 0.932. The number of benzene rings is 1. The zero-order valence-corrected chi connectivity index (χ0v) is 14.3. The molecule has 1 aromatic carbocycles. The lowest BCUT2D eigenvalue weighted by molar-refractivity contribution is -0.00349. The summed E-state index contributed by atoms with van der Waals surface area (Å²) in [5.74, 6) is 0.0742. The first-order chi connectivity index (χ1) is 11.2. The molecule has 4 nitrogen and oxygen atoms in total. The Morgan fingerprint density at radius 2 is 2.26 bits per heavy atom. The van der Waals surface area contributed by atoms with Gasteiger partial charge in [-0.2, -0.15) is 0 Å². The van der Waals surface area contributed by atoms with E-state index in [1.165, 1.54) is 0 Å². The van der Waals surface area contributed by atoms with Crippen molar-refractivity contribution in [2.24, 2.45) is 0 Å². The second-order valence-corrected chi connectivity index (χ2v) is 7.68. The summed E-state index contributed by atoms with van der Waals surface area (Å²) in [6, 6.07) is 10.00. The molecule has 2 aromatic heterocycles. The van der Waals surface area contributed by atoms with Gasteiger partial charge in [-0.3, -0.25) is 4.79 Å². The van der Waals surface area contributed by atoms with Crippen LogP contribution in [-0.4, -0.2) is 35.5 Å². The lowest BCUT2D eigenvalue weighted by atomic mass is 10.1. The first-order valence-electron chi connectivity index (χ1n) is 7.52. The molecule has 0 aliphatic carbocycles. The molecule has 0 radical (unpaired) electrons. The molecule has 3 aromatic rings. The molecule has 1 amide bonds. The van der Waals surface area contributed by atoms with Crippen LogP contribution < -0.4 is 0 Å². The van der Waals surface area contributed by atoms with E-state index in [1.54, 1.807) is 22.7 Å². The molecule has 4 rings (SSSR count). The van der Waals surface area contributed by atoms with Gasteiger partial charge in [0.25, 0.3) is 5.91 Å². The molecule has 118 valence electrons. The van der Waals surface area contributed by atoms with E-state index in [0.717, 1.165) is 25.7 Å². The number of ether oxygens (including phenoxy) is 1. The van der Waals surface area contributed by atoms with Crippen LogP contribution in [0.25, 0.3) is 10.1 Å². The molecular formula is C17H16N2O2S2. The van der Waals surface area contributed by atoms with Crippen LogP contribution in [-0.2, 0) is 4.74 Å². The number of hydrogen-bond acceptors (Lipinski definition) is 5. The first-order valence-corrected chi connectivity index (χ1v) is 9.21. The quantitative estimate of drug-likeness (QED) is 0.708. The number of rotatable bonds is 2. The predicted molar refractivity (Wildman–Crippen MR) is 93.3 cm³/mol. The largest absolute Gasteiger partial charge is 0.377 e. The van der Waals surface area contributed by atoms with Crippen LogP contribution in [0.2, 0.25) is 0 Å². The summed E-state index contributed by atoms with van der Waals surface area (Å²) >= 11 is 3.16. The third kappa shape index (κ3) is 2.78. The Morgan fingerprint density at radius 1 is 1.39 bits per heavy atom. The van der Waals surface area contributed by atoms with E-state index in [4.69, 9.17) is 4.74 Å². The van der Waals surface area contributed by atoms with Crippen LogP contribution in [0.1, 0.15) is 26.4 Å². The minimum Gasteiger partial charge on any atom is -0.377 e. The number of amides is 1. The fourth-order valence-electron chi connectivity index (χ4n) is 2.85. The number of thiophene rings is 1. The van der Waals surface area contributed by atoms with Gasteiger partial charge in [-0.15, -0.1) is 22.7 Å². The van der Waals surface area contributed by atoms with Crippen molar-refractivity contribution in [2.75, 3.05) is 19.8 Å². The van der Waals surface area contributed by atoms with Gasteiger partial charge in [0.1, 0.15) is 0 Å². The molecule has 0 saturated carbocycles. The second kappa shape index (κ2) is 6.03. The summed E-state index contributed by atoms with van der Waals surface area (Å²) < 4.78 is 6.74. The smallest absolute Gasteiger partial charge is 0.264 e. The Hall–Kier alpha value is -1.76. The Balaban J connectivity index is 1.67. The minimum absolute atomic E-state index is 0.0742. The van der Waals surface area contributed by atoms with E-state index in [0.29, 0.717) is 19.8 Å². The molecule has 23 heavy (non-hydrogen) atoms. The maximum atomic E-state index is 13.0. The van der Waals surface area contributed by atoms with Crippen LogP contribution in [0.3, 0.4) is 0 Å². The molecule has 0 spiro atoms. The van der Waals surface area contributed by atoms with E-state index in [1.807, 2.05) is 41.5 Å². The number of morpholine rings is 1. The van der Waals surface area contributed by atoms with Crippen LogP contribution in [0.15, 0.2) is 35.7 Å². The summed E-state index contributed by atoms with van der Waals surface area (Å²) in [6.45, 7) is 3.68. The number of aromatic nitrogens is 1. The van der Waals surface area contributed by atoms with Crippen LogP contribution in [0.4, 0.5) is 0 Å². The van der Waals surface area contributed by atoms with Crippen molar-refractivity contribution in [3.05, 3.63) is 51.3 Å². The lowest BCUT2D eigenvalue weighted by Gasteiger charge is -2.34. The summed E-state index contributed by atoms with van der Waals surface area (Å²) in [4.78, 5) is 20.3. The van der Waals surface area contributed by atoms with Crippen LogP contribution in [0, 0.1) is 6.92 Å². The van der Waals surface area contributed by atoms with Gasteiger partial charge in [0.2, 0.25) is 0 Å². The number of aryl methyl sites for hydroxylation is 1. The standard InChI is InChI=1S/C17H16N2O2S2/c1-11-18-13(10-22-11)14-9-21-7-6-19(14)17(20)16-8-12-4-2-3-5-15(12)23-16/h2-5,8,10,14H,6-7,9H2,1H3/t14-/m0/s1. The molecule has 1 atom stereocenters. The van der Waals surface area contributed by atoms with Gasteiger partial charge in [0.05, 0.1) is 34.8 Å². The van der Waals surface area contributed by atoms with Gasteiger partial charge < -0.3 is 9.64 Å². The van der Waals surface area contributed by atoms with E-state index in [9.17, 15) is 4.79 Å². The van der Waals surface area contributed by atoms with Crippen molar-refractivity contribution in [1.29, 1.82) is 0 Å². The van der Waals surface area contributed by atoms with Crippen molar-refractivity contribution in [3.63, 3.8) is 0 Å². The number of thiazole rings is 1. The highest BCUT2D eigenvalue weighted by atomic mass is 32.1. The average molecular weight is 344 g/mol. The molecule has 1 aliphatic rings. The van der Waals surface area contributed by atoms with Crippen molar-refractivity contribution >= 4 is 38.7 Å². The van der Waals surface area contributed by atoms with E-state index in [2.05, 4.69) is 11.1 Å². The molecule has 1 fully saturated rings. The maximum Gasteiger partial charge on any atom is 0.264 e. The summed E-state index contributed by atoms with van der Waals surface area (Å²) in [5, 5.41) is 4.16. The number of carbonyl (C=O) groups excluding carboxylic acids is 1. The molecular weight excluding hydrogens is 328 g/mol. The molecule has 1 aliphatic heterocycles. The van der Waals surface area contributed by atoms with Gasteiger partial charge in [0.15, 0.2) is 0 Å². The van der Waals surface area contributed by atoms with Gasteiger partial charge in [-0.1, -0.05) is 18.2 Å². The normalized spacial score (nSPS) is 18.5. The van der Waals surface area contributed by atoms with Crippen molar-refractivity contribution in [1.82, 2.24) is 9.88 Å². The Morgan fingerprint density at radius 3 is 3.04 bits per heavy atom. The maximum absolute atomic E-state index is 13.0. The van der Waals surface area contributed by atoms with Crippen molar-refractivity contribution in [3.8, 4) is 0 Å². The SMILES string of the molecule is Cc1nc([C@@H]2COCCN2C(=O)c2cc3ccccc3s2)cs1. The molecule has 0 unspecified atom stereocenters. The zero-order chi connectivity index (χ0) is 15.8. The zero-order valence-electron chi connectivity index (χ0n) is 12.7. The number of hydrogen-bond donors (Lipinski definition) is 0. The number of nitrogens with zero attached hydrogens (tertiary/aromatic N) is 2. The van der Waals surface area contributed by atoms with Gasteiger partial charge in [-0.05, 0) is 24.4 Å². The highest BCUT2D eigenvalue weighted by molar-refractivity contribution is 7.20. The molecule has 0 bridgehead atoms. The molecule has 3 heterocycles. The minimum atomic E-state index is -0.0913. The third-order valence-electron chi connectivity index (χ3n) is 4.00. The van der Waals surface area contributed by atoms with E-state index in [-0.39, 0.29) is 11.9 Å². The fraction of sp³-hybridized carbons (Fsp3) is 0.294. The second-order valence-electron chi connectivity index (χ2n) is 5.53. The van der Waals surface area contributed by atoms with E-state index >= 15 is 0 Å². The van der Waals surface area contributed by atoms with Crippen LogP contribution in [0.5, 0.6) is 0 Å². The Labute approximate surface area is 142 Å². The highest BCUT2D eigenvalue weighted by Crippen LogP contribution is 2.31. The van der Waals surface area contributed by atoms with Gasteiger partial charge >= 0.3 is 0 Å². The van der Waals surface area contributed by atoms with Gasteiger partial charge in [0, 0.05) is 16.6 Å². The number of fused-ring (bicyclic) bond motifs is 1. The predicted octanol–water partition coefficient (Wildman–Crippen LogP) is 3.88. The van der Waals surface area contributed by atoms with E-state index < -0.39 is 0 Å². The molecule has 6 heteroatoms. The first kappa shape index (κ1) is 14.8. The average Bonchev–Trinajstić information content (AvgIpc) is 3.20. The number of carbonyl (C=O) groups is 1. The topological polar surface area (TPSA) is 42.4 Å². The fourth-order valence-corrected chi connectivity index (χ4v) is 4.53. The monoisotopic (exact) mass is 344 g/mol. The van der Waals surface area contributed by atoms with Gasteiger partial charge in [-0.25, -0.2) is 4.98 Å². The Kier molecular flexibility index (Phi) is 3.88. The van der Waals surface area contributed by atoms with Crippen molar-refractivity contribution < 1.29 is 9.53 Å². The summed E-state index contributed by atoms with van der Waals surface area (Å²) in [6.07, 6.45) is 0. The van der Waals surface area contributed by atoms with Crippen LogP contribution >= 0.6 is 22.7 Å².